The first kappa shape index (κ1) is 19.7. The molecule has 1 amide bonds. The number of carbonyl (C=O) groups is 2. The SMILES string of the molecule is C[C@@H](O)[C@H]1C(=O)N2C(C(=O)O)=C(Sc3cc(C4=C[C@H](CO)NC4)cs3)[C@H](C)[C@H]12. The number of fused-ring (bicyclic) bond motifs is 1. The fraction of sp³-hybridized carbons (Fsp3) is 0.474. The van der Waals surface area contributed by atoms with Crippen LogP contribution >= 0.6 is 23.1 Å². The number of β-lactam (4-membered cyclic amide) rings is 1. The molecular formula is C19H22N2O5S2. The Kier molecular flexibility index (Phi) is 5.13. The Hall–Kier alpha value is -1.65. The van der Waals surface area contributed by atoms with Gasteiger partial charge >= 0.3 is 5.97 Å². The van der Waals surface area contributed by atoms with Crippen LogP contribution in [0.15, 0.2) is 32.3 Å². The maximum absolute atomic E-state index is 12.4. The second kappa shape index (κ2) is 7.31. The first-order valence-corrected chi connectivity index (χ1v) is 10.8. The minimum Gasteiger partial charge on any atom is -0.477 e. The van der Waals surface area contributed by atoms with Crippen molar-refractivity contribution in [3.8, 4) is 0 Å². The number of aliphatic hydroxyl groups is 2. The van der Waals surface area contributed by atoms with Gasteiger partial charge in [0.2, 0.25) is 5.91 Å². The summed E-state index contributed by atoms with van der Waals surface area (Å²) in [6, 6.07) is 1.69. The summed E-state index contributed by atoms with van der Waals surface area (Å²) in [5.74, 6) is -2.12. The zero-order chi connectivity index (χ0) is 20.2. The molecule has 1 fully saturated rings. The molecular weight excluding hydrogens is 400 g/mol. The molecule has 1 aromatic heterocycles. The van der Waals surface area contributed by atoms with Crippen molar-refractivity contribution in [1.82, 2.24) is 10.2 Å². The van der Waals surface area contributed by atoms with Gasteiger partial charge in [-0.1, -0.05) is 24.8 Å². The van der Waals surface area contributed by atoms with Gasteiger partial charge in [0.05, 0.1) is 28.9 Å². The van der Waals surface area contributed by atoms with Crippen molar-refractivity contribution in [3.05, 3.63) is 33.7 Å². The van der Waals surface area contributed by atoms with Crippen LogP contribution in [0.25, 0.3) is 5.57 Å². The van der Waals surface area contributed by atoms with Gasteiger partial charge in [0.1, 0.15) is 5.70 Å². The molecule has 0 saturated carbocycles. The van der Waals surface area contributed by atoms with Gasteiger partial charge in [0, 0.05) is 23.4 Å². The number of carbonyl (C=O) groups excluding carboxylic acids is 1. The van der Waals surface area contributed by atoms with Crippen LogP contribution in [0.5, 0.6) is 0 Å². The molecule has 4 N–H and O–H groups in total. The van der Waals surface area contributed by atoms with Crippen molar-refractivity contribution in [3.63, 3.8) is 0 Å². The Balaban J connectivity index is 1.59. The molecule has 0 aliphatic carbocycles. The molecule has 0 radical (unpaired) electrons. The molecule has 4 heterocycles. The molecule has 5 atom stereocenters. The number of rotatable bonds is 6. The van der Waals surface area contributed by atoms with Crippen molar-refractivity contribution < 1.29 is 24.9 Å². The number of aliphatic hydroxyl groups excluding tert-OH is 2. The van der Waals surface area contributed by atoms with E-state index in [1.807, 2.05) is 24.4 Å². The number of thiophene rings is 1. The standard InChI is InChI=1S/C19H22N2O5S2/c1-8-15-14(9(2)23)18(24)21(15)16(19(25)26)17(8)28-13-4-11(7-27-13)10-3-12(6-22)20-5-10/h3-4,7-9,12,14-15,20,22-23H,5-6H2,1-2H3,(H,25,26)/t8-,9-,12-,14-,15-/m1/s1. The van der Waals surface area contributed by atoms with E-state index in [2.05, 4.69) is 5.32 Å². The van der Waals surface area contributed by atoms with Crippen LogP contribution < -0.4 is 5.32 Å². The van der Waals surface area contributed by atoms with Crippen molar-refractivity contribution >= 4 is 40.5 Å². The molecule has 3 aliphatic heterocycles. The first-order chi connectivity index (χ1) is 13.3. The average Bonchev–Trinajstić information content (AvgIpc) is 3.33. The van der Waals surface area contributed by atoms with Crippen LogP contribution in [0.4, 0.5) is 0 Å². The molecule has 1 aromatic rings. The molecule has 0 spiro atoms. The quantitative estimate of drug-likeness (QED) is 0.512. The number of hydrogen-bond donors (Lipinski definition) is 4. The summed E-state index contributed by atoms with van der Waals surface area (Å²) < 4.78 is 0.951. The monoisotopic (exact) mass is 422 g/mol. The van der Waals surface area contributed by atoms with Gasteiger partial charge in [-0.2, -0.15) is 0 Å². The fourth-order valence-corrected chi connectivity index (χ4v) is 6.49. The number of amides is 1. The largest absolute Gasteiger partial charge is 0.477 e. The summed E-state index contributed by atoms with van der Waals surface area (Å²) in [5, 5.41) is 34.1. The molecule has 9 heteroatoms. The van der Waals surface area contributed by atoms with E-state index < -0.39 is 18.0 Å². The molecule has 0 bridgehead atoms. The van der Waals surface area contributed by atoms with Crippen LogP contribution in [0.2, 0.25) is 0 Å². The molecule has 7 nitrogen and oxygen atoms in total. The Morgan fingerprint density at radius 1 is 1.50 bits per heavy atom. The Bertz CT molecular complexity index is 891. The molecule has 1 saturated heterocycles. The number of carboxylic acid groups (broad SMARTS) is 1. The topological polar surface area (TPSA) is 110 Å². The van der Waals surface area contributed by atoms with Crippen LogP contribution in [0.3, 0.4) is 0 Å². The van der Waals surface area contributed by atoms with Crippen LogP contribution in [-0.4, -0.2) is 63.4 Å². The molecule has 0 aromatic carbocycles. The third-order valence-electron chi connectivity index (χ3n) is 5.62. The van der Waals surface area contributed by atoms with E-state index in [4.69, 9.17) is 0 Å². The van der Waals surface area contributed by atoms with E-state index in [1.54, 1.807) is 6.92 Å². The number of nitrogens with one attached hydrogen (secondary N) is 1. The normalized spacial score (nSPS) is 30.4. The van der Waals surface area contributed by atoms with Crippen LogP contribution in [0.1, 0.15) is 19.4 Å². The van der Waals surface area contributed by atoms with Crippen LogP contribution in [-0.2, 0) is 9.59 Å². The summed E-state index contributed by atoms with van der Waals surface area (Å²) in [6.07, 6.45) is 1.21. The number of aliphatic carboxylic acids is 1. The Labute approximate surface area is 170 Å². The fourth-order valence-electron chi connectivity index (χ4n) is 4.22. The maximum Gasteiger partial charge on any atom is 0.353 e. The van der Waals surface area contributed by atoms with Crippen molar-refractivity contribution in [2.45, 2.75) is 36.2 Å². The van der Waals surface area contributed by atoms with Gasteiger partial charge in [0.15, 0.2) is 0 Å². The molecule has 4 rings (SSSR count). The molecule has 3 aliphatic rings. The van der Waals surface area contributed by atoms with Gasteiger partial charge in [-0.05, 0) is 29.5 Å². The average molecular weight is 423 g/mol. The number of nitrogens with zero attached hydrogens (tertiary/aromatic N) is 1. The summed E-state index contributed by atoms with van der Waals surface area (Å²) in [5.41, 5.74) is 2.21. The van der Waals surface area contributed by atoms with Gasteiger partial charge in [-0.25, -0.2) is 4.79 Å². The molecule has 28 heavy (non-hydrogen) atoms. The third kappa shape index (κ3) is 3.02. The van der Waals surface area contributed by atoms with E-state index in [0.717, 1.165) is 15.3 Å². The van der Waals surface area contributed by atoms with E-state index in [9.17, 15) is 24.9 Å². The lowest BCUT2D eigenvalue weighted by Crippen LogP contribution is -2.63. The Morgan fingerprint density at radius 3 is 2.86 bits per heavy atom. The summed E-state index contributed by atoms with van der Waals surface area (Å²) in [6.45, 7) is 4.23. The zero-order valence-electron chi connectivity index (χ0n) is 15.5. The van der Waals surface area contributed by atoms with E-state index >= 15 is 0 Å². The minimum absolute atomic E-state index is 0.0333. The van der Waals surface area contributed by atoms with Gasteiger partial charge in [0.25, 0.3) is 0 Å². The zero-order valence-corrected chi connectivity index (χ0v) is 17.1. The highest BCUT2D eigenvalue weighted by atomic mass is 32.2. The van der Waals surface area contributed by atoms with Gasteiger partial charge in [-0.3, -0.25) is 4.79 Å². The summed E-state index contributed by atoms with van der Waals surface area (Å²) in [4.78, 5) is 26.3. The molecule has 150 valence electrons. The van der Waals surface area contributed by atoms with E-state index in [0.29, 0.717) is 11.4 Å². The lowest BCUT2D eigenvalue weighted by molar-refractivity contribution is -0.163. The van der Waals surface area contributed by atoms with Crippen LogP contribution in [0, 0.1) is 11.8 Å². The highest BCUT2D eigenvalue weighted by Crippen LogP contribution is 2.52. The lowest BCUT2D eigenvalue weighted by Gasteiger charge is -2.46. The second-order valence-electron chi connectivity index (χ2n) is 7.39. The van der Waals surface area contributed by atoms with Gasteiger partial charge in [-0.15, -0.1) is 11.3 Å². The first-order valence-electron chi connectivity index (χ1n) is 9.13. The van der Waals surface area contributed by atoms with Crippen molar-refractivity contribution in [2.75, 3.05) is 13.2 Å². The summed E-state index contributed by atoms with van der Waals surface area (Å²) in [7, 11) is 0. The smallest absolute Gasteiger partial charge is 0.353 e. The number of thioether (sulfide) groups is 1. The van der Waals surface area contributed by atoms with Crippen molar-refractivity contribution in [2.24, 2.45) is 11.8 Å². The number of hydrogen-bond acceptors (Lipinski definition) is 7. The van der Waals surface area contributed by atoms with Gasteiger partial charge < -0.3 is 25.5 Å². The van der Waals surface area contributed by atoms with Crippen molar-refractivity contribution in [1.29, 1.82) is 0 Å². The minimum atomic E-state index is -1.11. The number of carboxylic acids is 1. The van der Waals surface area contributed by atoms with E-state index in [-0.39, 0.29) is 36.2 Å². The predicted molar refractivity (Wildman–Crippen MR) is 107 cm³/mol. The highest BCUT2D eigenvalue weighted by molar-refractivity contribution is 8.04. The second-order valence-corrected chi connectivity index (χ2v) is 9.64. The molecule has 0 unspecified atom stereocenters. The maximum atomic E-state index is 12.4. The lowest BCUT2D eigenvalue weighted by atomic mass is 9.79. The summed E-state index contributed by atoms with van der Waals surface area (Å²) >= 11 is 2.92. The highest BCUT2D eigenvalue weighted by Gasteiger charge is 2.60. The third-order valence-corrected chi connectivity index (χ3v) is 7.99. The predicted octanol–water partition coefficient (Wildman–Crippen LogP) is 1.34. The Morgan fingerprint density at radius 2 is 2.25 bits per heavy atom. The van der Waals surface area contributed by atoms with E-state index in [1.165, 1.54) is 28.0 Å².